The van der Waals surface area contributed by atoms with Crippen molar-refractivity contribution in [1.29, 1.82) is 0 Å². The molecule has 0 aromatic heterocycles. The van der Waals surface area contributed by atoms with Crippen LogP contribution in [-0.4, -0.2) is 36.3 Å². The number of nitrogens with two attached hydrogens (primary N) is 1. The van der Waals surface area contributed by atoms with Gasteiger partial charge in [-0.2, -0.15) is 0 Å². The van der Waals surface area contributed by atoms with Gasteiger partial charge in [0.15, 0.2) is 0 Å². The molecule has 1 rings (SSSR count). The van der Waals surface area contributed by atoms with E-state index in [0.717, 1.165) is 4.47 Å². The van der Waals surface area contributed by atoms with Gasteiger partial charge in [0.1, 0.15) is 18.5 Å². The van der Waals surface area contributed by atoms with Gasteiger partial charge in [-0.3, -0.25) is 4.79 Å². The predicted molar refractivity (Wildman–Crippen MR) is 76.9 cm³/mol. The van der Waals surface area contributed by atoms with E-state index in [1.807, 2.05) is 31.2 Å². The second kappa shape index (κ2) is 8.14. The summed E-state index contributed by atoms with van der Waals surface area (Å²) >= 11 is 3.34. The summed E-state index contributed by atoms with van der Waals surface area (Å²) in [5.74, 6) is 0.332. The zero-order valence-electron chi connectivity index (χ0n) is 10.8. The Labute approximate surface area is 121 Å². The van der Waals surface area contributed by atoms with Crippen LogP contribution in [0.5, 0.6) is 5.75 Å². The Morgan fingerprint density at radius 3 is 2.95 bits per heavy atom. The van der Waals surface area contributed by atoms with Gasteiger partial charge < -0.3 is 20.9 Å². The highest BCUT2D eigenvalue weighted by molar-refractivity contribution is 9.10. The molecule has 2 unspecified atom stereocenters. The van der Waals surface area contributed by atoms with Gasteiger partial charge in [0.2, 0.25) is 5.91 Å². The molecular weight excluding hydrogens is 312 g/mol. The number of hydrogen-bond donors (Lipinski definition) is 3. The Kier molecular flexibility index (Phi) is 6.83. The number of amides is 1. The maximum atomic E-state index is 10.7. The lowest BCUT2D eigenvalue weighted by molar-refractivity contribution is -0.118. The average Bonchev–Trinajstić information content (AvgIpc) is 2.33. The second-order valence-corrected chi connectivity index (χ2v) is 5.32. The van der Waals surface area contributed by atoms with Crippen LogP contribution in [-0.2, 0) is 4.79 Å². The van der Waals surface area contributed by atoms with E-state index >= 15 is 0 Å². The summed E-state index contributed by atoms with van der Waals surface area (Å²) in [6.07, 6.45) is -0.395. The molecule has 0 aliphatic heterocycles. The molecule has 6 heteroatoms. The first-order valence-corrected chi connectivity index (χ1v) is 6.85. The van der Waals surface area contributed by atoms with E-state index in [9.17, 15) is 9.90 Å². The summed E-state index contributed by atoms with van der Waals surface area (Å²) in [5.41, 5.74) is 5.08. The van der Waals surface area contributed by atoms with Gasteiger partial charge in [-0.25, -0.2) is 0 Å². The fourth-order valence-corrected chi connectivity index (χ4v) is 1.90. The molecule has 0 aliphatic carbocycles. The number of primary amides is 1. The number of benzene rings is 1. The maximum Gasteiger partial charge on any atom is 0.218 e. The van der Waals surface area contributed by atoms with E-state index in [0.29, 0.717) is 12.3 Å². The van der Waals surface area contributed by atoms with Crippen LogP contribution in [0.25, 0.3) is 0 Å². The summed E-state index contributed by atoms with van der Waals surface area (Å²) in [6.45, 7) is 2.38. The molecule has 106 valence electrons. The van der Waals surface area contributed by atoms with Crippen LogP contribution in [0.3, 0.4) is 0 Å². The predicted octanol–water partition coefficient (Wildman–Crippen LogP) is 1.04. The molecule has 1 aromatic rings. The summed E-state index contributed by atoms with van der Waals surface area (Å²) in [7, 11) is 0. The molecule has 0 saturated heterocycles. The van der Waals surface area contributed by atoms with E-state index in [4.69, 9.17) is 10.5 Å². The quantitative estimate of drug-likeness (QED) is 0.665. The highest BCUT2D eigenvalue weighted by atomic mass is 79.9. The number of hydrogen-bond acceptors (Lipinski definition) is 4. The Balaban J connectivity index is 2.24. The third-order valence-corrected chi connectivity index (χ3v) is 2.94. The van der Waals surface area contributed by atoms with E-state index in [-0.39, 0.29) is 25.0 Å². The maximum absolute atomic E-state index is 10.7. The molecule has 4 N–H and O–H groups in total. The molecule has 1 amide bonds. The lowest BCUT2D eigenvalue weighted by Crippen LogP contribution is -2.38. The average molecular weight is 331 g/mol. The van der Waals surface area contributed by atoms with Crippen molar-refractivity contribution in [2.75, 3.05) is 13.2 Å². The Morgan fingerprint density at radius 1 is 1.58 bits per heavy atom. The number of nitrogens with one attached hydrogen (secondary N) is 1. The molecule has 0 spiro atoms. The number of halogens is 1. The first-order valence-electron chi connectivity index (χ1n) is 6.05. The van der Waals surface area contributed by atoms with E-state index in [2.05, 4.69) is 21.2 Å². The molecule has 2 atom stereocenters. The van der Waals surface area contributed by atoms with Crippen molar-refractivity contribution in [3.05, 3.63) is 28.7 Å². The molecule has 0 aliphatic rings. The molecule has 19 heavy (non-hydrogen) atoms. The smallest absolute Gasteiger partial charge is 0.218 e. The van der Waals surface area contributed by atoms with Crippen LogP contribution in [0.1, 0.15) is 13.3 Å². The van der Waals surface area contributed by atoms with E-state index in [1.165, 1.54) is 0 Å². The Bertz CT molecular complexity index is 415. The fraction of sp³-hybridized carbons (Fsp3) is 0.462. The molecule has 0 heterocycles. The summed E-state index contributed by atoms with van der Waals surface area (Å²) in [6, 6.07) is 7.35. The van der Waals surface area contributed by atoms with Crippen LogP contribution >= 0.6 is 15.9 Å². The first-order chi connectivity index (χ1) is 8.97. The van der Waals surface area contributed by atoms with Crippen molar-refractivity contribution in [2.45, 2.75) is 25.5 Å². The third-order valence-electron chi connectivity index (χ3n) is 2.45. The van der Waals surface area contributed by atoms with Crippen LogP contribution in [0.15, 0.2) is 28.7 Å². The van der Waals surface area contributed by atoms with Gasteiger partial charge in [-0.1, -0.05) is 22.0 Å². The van der Waals surface area contributed by atoms with Crippen molar-refractivity contribution >= 4 is 21.8 Å². The van der Waals surface area contributed by atoms with E-state index < -0.39 is 6.10 Å². The monoisotopic (exact) mass is 330 g/mol. The molecule has 0 bridgehead atoms. The lowest BCUT2D eigenvalue weighted by Gasteiger charge is -2.16. The normalized spacial score (nSPS) is 13.8. The Morgan fingerprint density at radius 2 is 2.32 bits per heavy atom. The molecule has 5 nitrogen and oxygen atoms in total. The number of rotatable bonds is 8. The minimum Gasteiger partial charge on any atom is -0.491 e. The van der Waals surface area contributed by atoms with Crippen LogP contribution in [0.4, 0.5) is 0 Å². The van der Waals surface area contributed by atoms with Crippen molar-refractivity contribution in [1.82, 2.24) is 5.32 Å². The number of carbonyl (C=O) groups excluding carboxylic acids is 1. The van der Waals surface area contributed by atoms with Gasteiger partial charge in [0.25, 0.3) is 0 Å². The Hall–Kier alpha value is -1.11. The summed E-state index contributed by atoms with van der Waals surface area (Å²) in [4.78, 5) is 10.7. The summed E-state index contributed by atoms with van der Waals surface area (Å²) in [5, 5.41) is 12.8. The van der Waals surface area contributed by atoms with Crippen molar-refractivity contribution in [3.63, 3.8) is 0 Å². The highest BCUT2D eigenvalue weighted by Crippen LogP contribution is 2.17. The second-order valence-electron chi connectivity index (χ2n) is 4.40. The zero-order chi connectivity index (χ0) is 14.3. The van der Waals surface area contributed by atoms with Gasteiger partial charge in [-0.05, 0) is 25.1 Å². The molecule has 0 fully saturated rings. The SMILES string of the molecule is CC(CC(N)=O)NCC(O)COc1cccc(Br)c1. The topological polar surface area (TPSA) is 84.6 Å². The van der Waals surface area contributed by atoms with E-state index in [1.54, 1.807) is 0 Å². The minimum absolute atomic E-state index is 0.0574. The van der Waals surface area contributed by atoms with Gasteiger partial charge in [0.05, 0.1) is 0 Å². The van der Waals surface area contributed by atoms with Crippen molar-refractivity contribution in [2.24, 2.45) is 5.73 Å². The number of carbonyl (C=O) groups is 1. The fourth-order valence-electron chi connectivity index (χ4n) is 1.52. The molecule has 0 saturated carbocycles. The third kappa shape index (κ3) is 7.15. The van der Waals surface area contributed by atoms with Crippen LogP contribution < -0.4 is 15.8 Å². The zero-order valence-corrected chi connectivity index (χ0v) is 12.4. The molecular formula is C13H19BrN2O3. The van der Waals surface area contributed by atoms with Crippen molar-refractivity contribution < 1.29 is 14.6 Å². The number of ether oxygens (including phenoxy) is 1. The molecule has 1 aromatic carbocycles. The lowest BCUT2D eigenvalue weighted by atomic mass is 10.2. The van der Waals surface area contributed by atoms with Gasteiger partial charge in [0, 0.05) is 23.5 Å². The summed E-state index contributed by atoms with van der Waals surface area (Å²) < 4.78 is 6.37. The van der Waals surface area contributed by atoms with Gasteiger partial charge >= 0.3 is 0 Å². The van der Waals surface area contributed by atoms with Crippen molar-refractivity contribution in [3.8, 4) is 5.75 Å². The first kappa shape index (κ1) is 15.9. The van der Waals surface area contributed by atoms with Gasteiger partial charge in [-0.15, -0.1) is 0 Å². The standard InChI is InChI=1S/C13H19BrN2O3/c1-9(5-13(15)18)16-7-11(17)8-19-12-4-2-3-10(14)6-12/h2-4,6,9,11,16-17H,5,7-8H2,1H3,(H2,15,18). The highest BCUT2D eigenvalue weighted by Gasteiger charge is 2.09. The number of aliphatic hydroxyl groups is 1. The van der Waals surface area contributed by atoms with Crippen LogP contribution in [0.2, 0.25) is 0 Å². The number of aliphatic hydroxyl groups excluding tert-OH is 1. The largest absolute Gasteiger partial charge is 0.491 e. The van der Waals surface area contributed by atoms with Crippen LogP contribution in [0, 0.1) is 0 Å². The minimum atomic E-state index is -0.644. The molecule has 0 radical (unpaired) electrons.